The minimum atomic E-state index is -0.533. The first-order valence-corrected chi connectivity index (χ1v) is 8.14. The lowest BCUT2D eigenvalue weighted by Gasteiger charge is -2.31. The Hall–Kier alpha value is -1.96. The van der Waals surface area contributed by atoms with Gasteiger partial charge in [-0.1, -0.05) is 0 Å². The van der Waals surface area contributed by atoms with Gasteiger partial charge in [-0.25, -0.2) is 9.97 Å². The summed E-state index contributed by atoms with van der Waals surface area (Å²) in [5.74, 6) is 1.72. The van der Waals surface area contributed by atoms with Crippen molar-refractivity contribution in [3.8, 4) is 0 Å². The SMILES string of the molecule is CN(C)c1ncnc2c1CN(CC(O)COCc1ccco1)CC2. The number of ether oxygens (including phenoxy) is 1. The van der Waals surface area contributed by atoms with Crippen molar-refractivity contribution in [1.29, 1.82) is 0 Å². The lowest BCUT2D eigenvalue weighted by molar-refractivity contribution is 0.00302. The van der Waals surface area contributed by atoms with Crippen molar-refractivity contribution in [3.05, 3.63) is 41.7 Å². The van der Waals surface area contributed by atoms with Gasteiger partial charge in [-0.2, -0.15) is 0 Å². The van der Waals surface area contributed by atoms with Gasteiger partial charge in [-0.15, -0.1) is 0 Å². The van der Waals surface area contributed by atoms with Gasteiger partial charge in [0.1, 0.15) is 24.5 Å². The number of rotatable bonds is 7. The topological polar surface area (TPSA) is 74.9 Å². The van der Waals surface area contributed by atoms with Crippen molar-refractivity contribution in [2.45, 2.75) is 25.7 Å². The van der Waals surface area contributed by atoms with Crippen LogP contribution in [0, 0.1) is 0 Å². The van der Waals surface area contributed by atoms with Crippen LogP contribution in [0.1, 0.15) is 17.0 Å². The fraction of sp³-hybridized carbons (Fsp3) is 0.529. The van der Waals surface area contributed by atoms with E-state index in [1.54, 1.807) is 12.6 Å². The molecule has 7 heteroatoms. The molecular weight excluding hydrogens is 308 g/mol. The lowest BCUT2D eigenvalue weighted by Crippen LogP contribution is -2.39. The molecule has 1 aliphatic heterocycles. The van der Waals surface area contributed by atoms with Crippen LogP contribution in [-0.4, -0.2) is 59.9 Å². The van der Waals surface area contributed by atoms with E-state index in [2.05, 4.69) is 14.9 Å². The summed E-state index contributed by atoms with van der Waals surface area (Å²) < 4.78 is 10.7. The zero-order chi connectivity index (χ0) is 16.9. The van der Waals surface area contributed by atoms with E-state index in [9.17, 15) is 5.11 Å². The molecule has 24 heavy (non-hydrogen) atoms. The maximum absolute atomic E-state index is 10.2. The van der Waals surface area contributed by atoms with Gasteiger partial charge in [0, 0.05) is 45.7 Å². The maximum atomic E-state index is 10.2. The molecule has 1 unspecified atom stereocenters. The summed E-state index contributed by atoms with van der Waals surface area (Å²) in [4.78, 5) is 13.0. The monoisotopic (exact) mass is 332 g/mol. The number of aromatic nitrogens is 2. The van der Waals surface area contributed by atoms with Gasteiger partial charge in [0.2, 0.25) is 0 Å². The third-order valence-electron chi connectivity index (χ3n) is 4.09. The molecule has 0 fully saturated rings. The Kier molecular flexibility index (Phi) is 5.44. The Bertz CT molecular complexity index is 645. The van der Waals surface area contributed by atoms with Gasteiger partial charge in [0.15, 0.2) is 0 Å². The second kappa shape index (κ2) is 7.74. The Morgan fingerprint density at radius 1 is 1.42 bits per heavy atom. The molecule has 1 atom stereocenters. The molecular formula is C17H24N4O3. The summed E-state index contributed by atoms with van der Waals surface area (Å²) >= 11 is 0. The number of anilines is 1. The Balaban J connectivity index is 1.51. The fourth-order valence-electron chi connectivity index (χ4n) is 2.96. The van der Waals surface area contributed by atoms with Crippen LogP contribution in [0.15, 0.2) is 29.1 Å². The molecule has 2 aromatic rings. The van der Waals surface area contributed by atoms with E-state index < -0.39 is 6.10 Å². The summed E-state index contributed by atoms with van der Waals surface area (Å²) in [5.41, 5.74) is 2.26. The van der Waals surface area contributed by atoms with Gasteiger partial charge >= 0.3 is 0 Å². The Morgan fingerprint density at radius 3 is 3.04 bits per heavy atom. The molecule has 0 amide bonds. The maximum Gasteiger partial charge on any atom is 0.136 e. The van der Waals surface area contributed by atoms with E-state index >= 15 is 0 Å². The number of nitrogens with zero attached hydrogens (tertiary/aromatic N) is 4. The standard InChI is InChI=1S/C17H24N4O3/c1-20(2)17-15-9-21(6-5-16(15)18-12-19-17)8-13(22)10-23-11-14-4-3-7-24-14/h3-4,7,12-13,22H,5-6,8-11H2,1-2H3. The van der Waals surface area contributed by atoms with Crippen LogP contribution < -0.4 is 4.90 Å². The molecule has 2 aromatic heterocycles. The molecule has 0 aromatic carbocycles. The third-order valence-corrected chi connectivity index (χ3v) is 4.09. The highest BCUT2D eigenvalue weighted by Crippen LogP contribution is 2.24. The zero-order valence-corrected chi connectivity index (χ0v) is 14.2. The molecule has 0 spiro atoms. The van der Waals surface area contributed by atoms with Crippen molar-refractivity contribution < 1.29 is 14.3 Å². The molecule has 1 aliphatic rings. The molecule has 130 valence electrons. The van der Waals surface area contributed by atoms with Crippen LogP contribution in [0.25, 0.3) is 0 Å². The van der Waals surface area contributed by atoms with Crippen molar-refractivity contribution in [1.82, 2.24) is 14.9 Å². The molecule has 0 aliphatic carbocycles. The number of aliphatic hydroxyl groups is 1. The predicted octanol–water partition coefficient (Wildman–Crippen LogP) is 1.07. The largest absolute Gasteiger partial charge is 0.467 e. The first-order valence-electron chi connectivity index (χ1n) is 8.14. The molecule has 0 radical (unpaired) electrons. The molecule has 0 saturated carbocycles. The average Bonchev–Trinajstić information content (AvgIpc) is 3.07. The number of fused-ring (bicyclic) bond motifs is 1. The van der Waals surface area contributed by atoms with E-state index in [-0.39, 0.29) is 6.61 Å². The second-order valence-electron chi connectivity index (χ2n) is 6.25. The lowest BCUT2D eigenvalue weighted by atomic mass is 10.1. The number of furan rings is 1. The highest BCUT2D eigenvalue weighted by atomic mass is 16.5. The fourth-order valence-corrected chi connectivity index (χ4v) is 2.96. The Labute approximate surface area is 141 Å². The van der Waals surface area contributed by atoms with Crippen LogP contribution in [0.4, 0.5) is 5.82 Å². The predicted molar refractivity (Wildman–Crippen MR) is 89.7 cm³/mol. The molecule has 0 bridgehead atoms. The molecule has 3 heterocycles. The van der Waals surface area contributed by atoms with E-state index in [0.29, 0.717) is 13.2 Å². The minimum absolute atomic E-state index is 0.288. The number of β-amino-alcohol motifs (C(OH)–C–C–N with tert-alkyl or cyclic N) is 1. The highest BCUT2D eigenvalue weighted by Gasteiger charge is 2.23. The summed E-state index contributed by atoms with van der Waals surface area (Å²) in [6, 6.07) is 3.68. The summed E-state index contributed by atoms with van der Waals surface area (Å²) in [7, 11) is 3.97. The van der Waals surface area contributed by atoms with Crippen molar-refractivity contribution in [2.24, 2.45) is 0 Å². The van der Waals surface area contributed by atoms with Crippen LogP contribution in [-0.2, 0) is 24.3 Å². The van der Waals surface area contributed by atoms with Gasteiger partial charge in [0.05, 0.1) is 24.7 Å². The number of hydrogen-bond acceptors (Lipinski definition) is 7. The van der Waals surface area contributed by atoms with Crippen LogP contribution in [0.2, 0.25) is 0 Å². The number of aliphatic hydroxyl groups excluding tert-OH is 1. The first kappa shape index (κ1) is 16.9. The summed E-state index contributed by atoms with van der Waals surface area (Å²) in [6.07, 6.45) is 3.58. The van der Waals surface area contributed by atoms with Gasteiger partial charge in [-0.05, 0) is 12.1 Å². The smallest absolute Gasteiger partial charge is 0.136 e. The Morgan fingerprint density at radius 2 is 2.29 bits per heavy atom. The highest BCUT2D eigenvalue weighted by molar-refractivity contribution is 5.48. The number of hydrogen-bond donors (Lipinski definition) is 1. The molecule has 3 rings (SSSR count). The first-order chi connectivity index (χ1) is 11.6. The van der Waals surface area contributed by atoms with Crippen molar-refractivity contribution >= 4 is 5.82 Å². The van der Waals surface area contributed by atoms with Gasteiger partial charge in [-0.3, -0.25) is 4.90 Å². The van der Waals surface area contributed by atoms with Crippen LogP contribution >= 0.6 is 0 Å². The summed E-state index contributed by atoms with van der Waals surface area (Å²) in [6.45, 7) is 2.87. The van der Waals surface area contributed by atoms with Crippen molar-refractivity contribution in [2.75, 3.05) is 38.7 Å². The van der Waals surface area contributed by atoms with E-state index in [0.717, 1.165) is 42.3 Å². The normalized spacial score (nSPS) is 16.0. The zero-order valence-electron chi connectivity index (χ0n) is 14.2. The van der Waals surface area contributed by atoms with E-state index in [4.69, 9.17) is 9.15 Å². The third kappa shape index (κ3) is 4.11. The van der Waals surface area contributed by atoms with Gasteiger partial charge < -0.3 is 19.2 Å². The molecule has 7 nitrogen and oxygen atoms in total. The van der Waals surface area contributed by atoms with Crippen LogP contribution in [0.5, 0.6) is 0 Å². The van der Waals surface area contributed by atoms with E-state index in [1.165, 1.54) is 0 Å². The second-order valence-corrected chi connectivity index (χ2v) is 6.25. The average molecular weight is 332 g/mol. The van der Waals surface area contributed by atoms with Crippen LogP contribution in [0.3, 0.4) is 0 Å². The summed E-state index contributed by atoms with van der Waals surface area (Å²) in [5, 5.41) is 10.2. The quantitative estimate of drug-likeness (QED) is 0.813. The van der Waals surface area contributed by atoms with E-state index in [1.807, 2.05) is 31.1 Å². The molecule has 1 N–H and O–H groups in total. The van der Waals surface area contributed by atoms with Gasteiger partial charge in [0.25, 0.3) is 0 Å². The minimum Gasteiger partial charge on any atom is -0.467 e. The molecule has 0 saturated heterocycles. The van der Waals surface area contributed by atoms with Crippen molar-refractivity contribution in [3.63, 3.8) is 0 Å².